The van der Waals surface area contributed by atoms with Crippen LogP contribution in [0.3, 0.4) is 0 Å². The largest absolute Gasteiger partial charge is 0.480 e. The number of carboxylic acid groups (broad SMARTS) is 1. The van der Waals surface area contributed by atoms with Crippen LogP contribution in [0.4, 0.5) is 4.79 Å². The molecule has 3 N–H and O–H groups in total. The number of fused-ring (bicyclic) bond motifs is 3. The number of nitrogens with one attached hydrogen (secondary N) is 2. The van der Waals surface area contributed by atoms with Gasteiger partial charge < -0.3 is 15.2 Å². The highest BCUT2D eigenvalue weighted by molar-refractivity contribution is 5.97. The molecule has 32 heavy (non-hydrogen) atoms. The van der Waals surface area contributed by atoms with Gasteiger partial charge in [-0.2, -0.15) is 0 Å². The van der Waals surface area contributed by atoms with Gasteiger partial charge in [-0.1, -0.05) is 48.5 Å². The normalized spacial score (nSPS) is 17.4. The van der Waals surface area contributed by atoms with Gasteiger partial charge in [-0.25, -0.2) is 14.6 Å². The minimum Gasteiger partial charge on any atom is -0.480 e. The molecule has 1 fully saturated rings. The number of hydrogen-bond donors (Lipinski definition) is 3. The van der Waals surface area contributed by atoms with Crippen molar-refractivity contribution in [3.05, 3.63) is 59.7 Å². The zero-order chi connectivity index (χ0) is 23.0. The summed E-state index contributed by atoms with van der Waals surface area (Å²) >= 11 is 0. The van der Waals surface area contributed by atoms with E-state index >= 15 is 0 Å². The maximum Gasteiger partial charge on any atom is 0.408 e. The summed E-state index contributed by atoms with van der Waals surface area (Å²) in [5.41, 5.74) is 5.03. The van der Waals surface area contributed by atoms with Crippen molar-refractivity contribution < 1.29 is 29.0 Å². The number of hydrogen-bond acceptors (Lipinski definition) is 5. The number of amides is 3. The highest BCUT2D eigenvalue weighted by Gasteiger charge is 2.45. The second-order valence-corrected chi connectivity index (χ2v) is 8.34. The fourth-order valence-electron chi connectivity index (χ4n) is 4.16. The van der Waals surface area contributed by atoms with Gasteiger partial charge in [0.25, 0.3) is 5.91 Å². The van der Waals surface area contributed by atoms with E-state index in [-0.39, 0.29) is 18.9 Å². The lowest BCUT2D eigenvalue weighted by atomic mass is 9.98. The fourth-order valence-corrected chi connectivity index (χ4v) is 4.16. The zero-order valence-corrected chi connectivity index (χ0v) is 17.6. The van der Waals surface area contributed by atoms with Gasteiger partial charge in [0, 0.05) is 5.92 Å². The Kier molecular flexibility index (Phi) is 5.33. The maximum atomic E-state index is 12.8. The molecule has 4 rings (SSSR count). The molecule has 2 aromatic rings. The number of alkyl carbamates (subject to hydrolysis) is 1. The Labute approximate surface area is 184 Å². The van der Waals surface area contributed by atoms with E-state index < -0.39 is 35.5 Å². The number of rotatable bonds is 5. The summed E-state index contributed by atoms with van der Waals surface area (Å²) in [6.45, 7) is 2.91. The van der Waals surface area contributed by atoms with Crippen molar-refractivity contribution in [2.75, 3.05) is 6.61 Å². The van der Waals surface area contributed by atoms with Crippen LogP contribution in [0.25, 0.3) is 11.1 Å². The van der Waals surface area contributed by atoms with Crippen LogP contribution in [-0.2, 0) is 19.1 Å². The smallest absolute Gasteiger partial charge is 0.408 e. The zero-order valence-electron chi connectivity index (χ0n) is 17.6. The quantitative estimate of drug-likeness (QED) is 0.657. The molecular formula is C23H23N3O6. The van der Waals surface area contributed by atoms with Gasteiger partial charge in [-0.3, -0.25) is 15.0 Å². The number of hydrazine groups is 1. The molecule has 1 heterocycles. The van der Waals surface area contributed by atoms with Crippen molar-refractivity contribution in [2.45, 2.75) is 37.8 Å². The van der Waals surface area contributed by atoms with E-state index in [0.717, 1.165) is 27.3 Å². The van der Waals surface area contributed by atoms with Crippen LogP contribution in [0, 0.1) is 0 Å². The topological polar surface area (TPSA) is 125 Å². The number of aliphatic carboxylic acids is 1. The van der Waals surface area contributed by atoms with Gasteiger partial charge in [-0.05, 0) is 36.1 Å². The number of carbonyl (C=O) groups is 4. The van der Waals surface area contributed by atoms with Crippen LogP contribution >= 0.6 is 0 Å². The lowest BCUT2D eigenvalue weighted by Crippen LogP contribution is -2.60. The van der Waals surface area contributed by atoms with E-state index in [4.69, 9.17) is 4.74 Å². The number of carbonyl (C=O) groups excluding carboxylic acids is 3. The van der Waals surface area contributed by atoms with Gasteiger partial charge in [0.2, 0.25) is 5.91 Å². The van der Waals surface area contributed by atoms with Crippen molar-refractivity contribution in [1.82, 2.24) is 15.8 Å². The summed E-state index contributed by atoms with van der Waals surface area (Å²) in [4.78, 5) is 48.3. The van der Waals surface area contributed by atoms with Gasteiger partial charge in [0.15, 0.2) is 6.04 Å². The average Bonchev–Trinajstić information content (AvgIpc) is 3.30. The van der Waals surface area contributed by atoms with Crippen molar-refractivity contribution in [2.24, 2.45) is 0 Å². The number of nitrogens with zero attached hydrogens (tertiary/aromatic N) is 1. The van der Waals surface area contributed by atoms with Crippen LogP contribution in [0.2, 0.25) is 0 Å². The molecular weight excluding hydrogens is 414 g/mol. The van der Waals surface area contributed by atoms with Gasteiger partial charge in [-0.15, -0.1) is 0 Å². The summed E-state index contributed by atoms with van der Waals surface area (Å²) < 4.78 is 5.46. The fraction of sp³-hybridized carbons (Fsp3) is 0.304. The summed E-state index contributed by atoms with van der Waals surface area (Å²) in [7, 11) is 0. The van der Waals surface area contributed by atoms with Crippen molar-refractivity contribution in [3.63, 3.8) is 0 Å². The van der Waals surface area contributed by atoms with Crippen molar-refractivity contribution >= 4 is 23.9 Å². The summed E-state index contributed by atoms with van der Waals surface area (Å²) in [5, 5.41) is 12.5. The molecule has 0 radical (unpaired) electrons. The van der Waals surface area contributed by atoms with E-state index in [2.05, 4.69) is 10.7 Å². The molecule has 1 aliphatic heterocycles. The van der Waals surface area contributed by atoms with Gasteiger partial charge in [0.1, 0.15) is 12.1 Å². The summed E-state index contributed by atoms with van der Waals surface area (Å²) in [6, 6.07) is 14.5. The molecule has 9 heteroatoms. The molecule has 3 amide bonds. The highest BCUT2D eigenvalue weighted by Crippen LogP contribution is 2.44. The summed E-state index contributed by atoms with van der Waals surface area (Å²) in [6.07, 6.45) is -1.16. The second kappa shape index (κ2) is 7.99. The van der Waals surface area contributed by atoms with Crippen LogP contribution in [0.15, 0.2) is 48.5 Å². The Morgan fingerprint density at radius 3 is 2.22 bits per heavy atom. The minimum absolute atomic E-state index is 0.0718. The van der Waals surface area contributed by atoms with Crippen LogP contribution in [0.1, 0.15) is 37.3 Å². The van der Waals surface area contributed by atoms with E-state index in [0.29, 0.717) is 0 Å². The first-order valence-corrected chi connectivity index (χ1v) is 10.2. The number of carboxylic acids is 1. The first kappa shape index (κ1) is 21.4. The first-order chi connectivity index (χ1) is 15.2. The van der Waals surface area contributed by atoms with Gasteiger partial charge >= 0.3 is 12.1 Å². The van der Waals surface area contributed by atoms with Gasteiger partial charge in [0.05, 0.1) is 6.42 Å². The van der Waals surface area contributed by atoms with Crippen LogP contribution < -0.4 is 10.7 Å². The molecule has 0 spiro atoms. The SMILES string of the molecule is CC(C)(NC(=O)OCC1c2ccccc2-c2ccccc21)C(=O)N1NC(=O)CC1C(=O)O. The molecule has 0 bridgehead atoms. The lowest BCUT2D eigenvalue weighted by Gasteiger charge is -2.31. The molecule has 2 aliphatic rings. The minimum atomic E-state index is -1.51. The standard InChI is InChI=1S/C23H23N3O6/c1-23(2,21(30)26-18(20(28)29)11-19(27)25-26)24-22(31)32-12-17-15-9-5-3-7-13(15)14-8-4-6-10-16(14)17/h3-10,17-18H,11-12H2,1-2H3,(H,24,31)(H,25,27)(H,28,29). The molecule has 1 saturated heterocycles. The van der Waals surface area contributed by atoms with E-state index in [1.54, 1.807) is 0 Å². The van der Waals surface area contributed by atoms with Crippen LogP contribution in [0.5, 0.6) is 0 Å². The predicted octanol–water partition coefficient (Wildman–Crippen LogP) is 2.02. The Bertz CT molecular complexity index is 1070. The van der Waals surface area contributed by atoms with Crippen molar-refractivity contribution in [3.8, 4) is 11.1 Å². The molecule has 1 atom stereocenters. The molecule has 1 aliphatic carbocycles. The lowest BCUT2D eigenvalue weighted by molar-refractivity contribution is -0.153. The van der Waals surface area contributed by atoms with Crippen molar-refractivity contribution in [1.29, 1.82) is 0 Å². The Hall–Kier alpha value is -3.88. The number of ether oxygens (including phenoxy) is 1. The number of benzene rings is 2. The van der Waals surface area contributed by atoms with E-state index in [9.17, 15) is 24.3 Å². The molecule has 2 aromatic carbocycles. The monoisotopic (exact) mass is 437 g/mol. The second-order valence-electron chi connectivity index (χ2n) is 8.34. The molecule has 9 nitrogen and oxygen atoms in total. The molecule has 0 aromatic heterocycles. The Morgan fingerprint density at radius 1 is 1.09 bits per heavy atom. The Balaban J connectivity index is 1.43. The van der Waals surface area contributed by atoms with E-state index in [1.807, 2.05) is 48.5 Å². The van der Waals surface area contributed by atoms with Crippen LogP contribution in [-0.4, -0.2) is 52.2 Å². The average molecular weight is 437 g/mol. The molecule has 166 valence electrons. The highest BCUT2D eigenvalue weighted by atomic mass is 16.5. The Morgan fingerprint density at radius 2 is 1.66 bits per heavy atom. The molecule has 1 unspecified atom stereocenters. The maximum absolute atomic E-state index is 12.8. The summed E-state index contributed by atoms with van der Waals surface area (Å²) in [5.74, 6) is -2.79. The predicted molar refractivity (Wildman–Crippen MR) is 113 cm³/mol. The molecule has 0 saturated carbocycles. The third-order valence-electron chi connectivity index (χ3n) is 5.73. The first-order valence-electron chi connectivity index (χ1n) is 10.2. The third kappa shape index (κ3) is 3.77. The third-order valence-corrected chi connectivity index (χ3v) is 5.73. The van der Waals surface area contributed by atoms with E-state index in [1.165, 1.54) is 13.8 Å².